The van der Waals surface area contributed by atoms with Crippen LogP contribution in [0.1, 0.15) is 76.6 Å². The molecule has 0 atom stereocenters. The molecule has 2 aromatic rings. The summed E-state index contributed by atoms with van der Waals surface area (Å²) in [7, 11) is 0. The fourth-order valence-corrected chi connectivity index (χ4v) is 3.04. The third kappa shape index (κ3) is 3.75. The van der Waals surface area contributed by atoms with E-state index in [-0.39, 0.29) is 16.7 Å². The molecule has 2 heteroatoms. The monoisotopic (exact) mass is 326 g/mol. The van der Waals surface area contributed by atoms with Crippen LogP contribution in [0.5, 0.6) is 11.5 Å². The van der Waals surface area contributed by atoms with Gasteiger partial charge in [0.1, 0.15) is 11.5 Å². The molecule has 0 unspecified atom stereocenters. The second-order valence-corrected chi connectivity index (χ2v) is 8.77. The van der Waals surface area contributed by atoms with E-state index in [0.717, 1.165) is 11.1 Å². The van der Waals surface area contributed by atoms with Gasteiger partial charge in [-0.3, -0.25) is 0 Å². The Balaban J connectivity index is 2.48. The van der Waals surface area contributed by atoms with Gasteiger partial charge in [0.15, 0.2) is 0 Å². The Bertz CT molecular complexity index is 667. The van der Waals surface area contributed by atoms with Crippen LogP contribution in [0.2, 0.25) is 0 Å². The van der Waals surface area contributed by atoms with Crippen molar-refractivity contribution >= 4 is 0 Å². The molecule has 2 rings (SSSR count). The highest BCUT2D eigenvalue weighted by Crippen LogP contribution is 2.37. The molecule has 0 saturated carbocycles. The molecule has 0 amide bonds. The van der Waals surface area contributed by atoms with Crippen LogP contribution in [0.25, 0.3) is 0 Å². The lowest BCUT2D eigenvalue weighted by atomic mass is 9.81. The van der Waals surface area contributed by atoms with Gasteiger partial charge >= 0.3 is 0 Å². The molecule has 0 saturated heterocycles. The van der Waals surface area contributed by atoms with Gasteiger partial charge in [-0.05, 0) is 45.2 Å². The van der Waals surface area contributed by atoms with Gasteiger partial charge in [-0.15, -0.1) is 0 Å². The number of benzene rings is 2. The van der Waals surface area contributed by atoms with Gasteiger partial charge in [0.25, 0.3) is 0 Å². The minimum atomic E-state index is -0.106. The predicted octanol–water partition coefficient (Wildman–Crippen LogP) is 5.84. The fraction of sp³-hybridized carbons (Fsp3) is 0.455. The second-order valence-electron chi connectivity index (χ2n) is 8.77. The second kappa shape index (κ2) is 6.16. The highest BCUT2D eigenvalue weighted by Gasteiger charge is 2.22. The van der Waals surface area contributed by atoms with Gasteiger partial charge in [-0.1, -0.05) is 72.7 Å². The van der Waals surface area contributed by atoms with Crippen LogP contribution in [-0.2, 0) is 10.8 Å². The molecule has 0 aromatic heterocycles. The molecular formula is C22H30O2. The molecule has 0 aliphatic carbocycles. The molecule has 0 heterocycles. The van der Waals surface area contributed by atoms with Gasteiger partial charge in [0.05, 0.1) is 0 Å². The molecule has 0 aliphatic heterocycles. The molecule has 2 aromatic carbocycles. The van der Waals surface area contributed by atoms with Crippen molar-refractivity contribution in [2.75, 3.05) is 0 Å². The van der Waals surface area contributed by atoms with Crippen molar-refractivity contribution in [2.45, 2.75) is 65.2 Å². The first-order valence-corrected chi connectivity index (χ1v) is 8.58. The van der Waals surface area contributed by atoms with E-state index in [9.17, 15) is 10.2 Å². The van der Waals surface area contributed by atoms with Crippen LogP contribution in [-0.4, -0.2) is 10.2 Å². The smallest absolute Gasteiger partial charge is 0.119 e. The summed E-state index contributed by atoms with van der Waals surface area (Å²) in [6.45, 7) is 14.8. The van der Waals surface area contributed by atoms with Crippen molar-refractivity contribution in [1.82, 2.24) is 0 Å². The first-order valence-electron chi connectivity index (χ1n) is 8.58. The predicted molar refractivity (Wildman–Crippen MR) is 101 cm³/mol. The van der Waals surface area contributed by atoms with E-state index < -0.39 is 0 Å². The van der Waals surface area contributed by atoms with E-state index in [1.54, 1.807) is 12.1 Å². The molecule has 0 radical (unpaired) electrons. The van der Waals surface area contributed by atoms with Gasteiger partial charge in [0.2, 0.25) is 0 Å². The van der Waals surface area contributed by atoms with Crippen molar-refractivity contribution in [2.24, 2.45) is 0 Å². The maximum absolute atomic E-state index is 10.2. The number of hydrogen-bond donors (Lipinski definition) is 2. The standard InChI is InChI=1S/C22H30O2/c1-14(15-8-10-19(23)17(12-15)21(2,3)4)16-9-11-20(24)18(13-16)22(5,6)7/h8-14,23-24H,1-7H3. The van der Waals surface area contributed by atoms with Crippen LogP contribution in [0.4, 0.5) is 0 Å². The summed E-state index contributed by atoms with van der Waals surface area (Å²) in [5.74, 6) is 0.882. The largest absolute Gasteiger partial charge is 0.508 e. The molecule has 0 fully saturated rings. The van der Waals surface area contributed by atoms with Crippen molar-refractivity contribution in [1.29, 1.82) is 0 Å². The fourth-order valence-electron chi connectivity index (χ4n) is 3.04. The summed E-state index contributed by atoms with van der Waals surface area (Å²) in [6.07, 6.45) is 0. The number of hydrogen-bond acceptors (Lipinski definition) is 2. The summed E-state index contributed by atoms with van der Waals surface area (Å²) in [4.78, 5) is 0. The highest BCUT2D eigenvalue weighted by atomic mass is 16.3. The minimum absolute atomic E-state index is 0.106. The Kier molecular flexibility index (Phi) is 4.72. The van der Waals surface area contributed by atoms with Gasteiger partial charge in [-0.2, -0.15) is 0 Å². The third-order valence-corrected chi connectivity index (χ3v) is 4.66. The molecule has 0 spiro atoms. The topological polar surface area (TPSA) is 40.5 Å². The molecular weight excluding hydrogens is 296 g/mol. The van der Waals surface area contributed by atoms with Gasteiger partial charge in [-0.25, -0.2) is 0 Å². The molecule has 24 heavy (non-hydrogen) atoms. The zero-order valence-corrected chi connectivity index (χ0v) is 15.9. The van der Waals surface area contributed by atoms with Crippen molar-refractivity contribution < 1.29 is 10.2 Å². The first kappa shape index (κ1) is 18.4. The Morgan fingerprint density at radius 1 is 0.667 bits per heavy atom. The number of phenolic OH excluding ortho intramolecular Hbond substituents is 2. The van der Waals surface area contributed by atoms with E-state index in [1.165, 1.54) is 11.1 Å². The van der Waals surface area contributed by atoms with Crippen LogP contribution >= 0.6 is 0 Å². The lowest BCUT2D eigenvalue weighted by molar-refractivity contribution is 0.446. The zero-order chi connectivity index (χ0) is 18.3. The first-order chi connectivity index (χ1) is 10.9. The van der Waals surface area contributed by atoms with Crippen LogP contribution in [0.15, 0.2) is 36.4 Å². The summed E-state index contributed by atoms with van der Waals surface area (Å²) in [6, 6.07) is 11.7. The highest BCUT2D eigenvalue weighted by molar-refractivity contribution is 5.47. The van der Waals surface area contributed by atoms with Crippen molar-refractivity contribution in [3.63, 3.8) is 0 Å². The lowest BCUT2D eigenvalue weighted by Crippen LogP contribution is -2.13. The summed E-state index contributed by atoms with van der Waals surface area (Å²) >= 11 is 0. The van der Waals surface area contributed by atoms with Crippen molar-refractivity contribution in [3.05, 3.63) is 58.7 Å². The lowest BCUT2D eigenvalue weighted by Gasteiger charge is -2.25. The van der Waals surface area contributed by atoms with Crippen LogP contribution in [0, 0.1) is 0 Å². The maximum atomic E-state index is 10.2. The van der Waals surface area contributed by atoms with Crippen LogP contribution < -0.4 is 0 Å². The summed E-state index contributed by atoms with van der Waals surface area (Å²) in [5.41, 5.74) is 4.05. The zero-order valence-electron chi connectivity index (χ0n) is 15.9. The van der Waals surface area contributed by atoms with Gasteiger partial charge in [0, 0.05) is 5.92 Å². The average Bonchev–Trinajstić information content (AvgIpc) is 2.45. The van der Waals surface area contributed by atoms with E-state index >= 15 is 0 Å². The maximum Gasteiger partial charge on any atom is 0.119 e. The Morgan fingerprint density at radius 2 is 1.00 bits per heavy atom. The molecule has 2 N–H and O–H groups in total. The number of aromatic hydroxyl groups is 2. The number of rotatable bonds is 2. The third-order valence-electron chi connectivity index (χ3n) is 4.66. The van der Waals surface area contributed by atoms with Gasteiger partial charge < -0.3 is 10.2 Å². The number of phenols is 2. The van der Waals surface area contributed by atoms with E-state index in [1.807, 2.05) is 12.1 Å². The quantitative estimate of drug-likeness (QED) is 0.727. The van der Waals surface area contributed by atoms with Crippen molar-refractivity contribution in [3.8, 4) is 11.5 Å². The Morgan fingerprint density at radius 3 is 1.29 bits per heavy atom. The van der Waals surface area contributed by atoms with E-state index in [2.05, 4.69) is 60.6 Å². The van der Waals surface area contributed by atoms with E-state index in [4.69, 9.17) is 0 Å². The molecule has 130 valence electrons. The normalized spacial score (nSPS) is 12.7. The average molecular weight is 326 g/mol. The Hall–Kier alpha value is -1.96. The molecule has 0 bridgehead atoms. The van der Waals surface area contributed by atoms with E-state index in [0.29, 0.717) is 11.5 Å². The molecule has 0 aliphatic rings. The summed E-state index contributed by atoms with van der Waals surface area (Å²) in [5, 5.41) is 20.4. The minimum Gasteiger partial charge on any atom is -0.508 e. The SMILES string of the molecule is CC(c1ccc(O)c(C(C)(C)C)c1)c1ccc(O)c(C(C)(C)C)c1. The van der Waals surface area contributed by atoms with Crippen LogP contribution in [0.3, 0.4) is 0 Å². The Labute approximate surface area is 146 Å². The summed E-state index contributed by atoms with van der Waals surface area (Å²) < 4.78 is 0. The molecule has 2 nitrogen and oxygen atoms in total.